The van der Waals surface area contributed by atoms with Gasteiger partial charge in [0.25, 0.3) is 5.91 Å². The molecule has 20 heavy (non-hydrogen) atoms. The van der Waals surface area contributed by atoms with Crippen LogP contribution in [0.5, 0.6) is 0 Å². The van der Waals surface area contributed by atoms with Gasteiger partial charge in [-0.05, 0) is 36.5 Å². The Balaban J connectivity index is 0.00000200. The molecule has 112 valence electrons. The van der Waals surface area contributed by atoms with E-state index in [1.807, 2.05) is 24.3 Å². The minimum absolute atomic E-state index is 0. The van der Waals surface area contributed by atoms with Gasteiger partial charge in [-0.1, -0.05) is 38.8 Å². The molecule has 0 aliphatic heterocycles. The van der Waals surface area contributed by atoms with Crippen LogP contribution in [-0.4, -0.2) is 18.0 Å². The number of hydrogen-bond donors (Lipinski definition) is 2. The maximum atomic E-state index is 12.3. The molecule has 0 unspecified atom stereocenters. The molecule has 3 nitrogen and oxygen atoms in total. The van der Waals surface area contributed by atoms with E-state index in [1.54, 1.807) is 0 Å². The zero-order valence-electron chi connectivity index (χ0n) is 12.3. The lowest BCUT2D eigenvalue weighted by Gasteiger charge is -2.28. The smallest absolute Gasteiger partial charge is 0.251 e. The summed E-state index contributed by atoms with van der Waals surface area (Å²) in [6, 6.07) is 7.88. The summed E-state index contributed by atoms with van der Waals surface area (Å²) < 4.78 is 0. The quantitative estimate of drug-likeness (QED) is 0.896. The Bertz CT molecular complexity index is 436. The van der Waals surface area contributed by atoms with E-state index in [-0.39, 0.29) is 23.9 Å². The van der Waals surface area contributed by atoms with Crippen LogP contribution in [-0.2, 0) is 0 Å². The lowest BCUT2D eigenvalue weighted by atomic mass is 9.96. The van der Waals surface area contributed by atoms with Crippen molar-refractivity contribution >= 4 is 18.3 Å². The first-order chi connectivity index (χ1) is 9.06. The average molecular weight is 297 g/mol. The topological polar surface area (TPSA) is 55.1 Å². The van der Waals surface area contributed by atoms with Crippen LogP contribution in [0.3, 0.4) is 0 Å². The molecule has 3 N–H and O–H groups in total. The molecule has 0 radical (unpaired) electrons. The summed E-state index contributed by atoms with van der Waals surface area (Å²) in [5, 5.41) is 3.14. The van der Waals surface area contributed by atoms with Crippen LogP contribution in [0.1, 0.15) is 61.4 Å². The Hall–Kier alpha value is -1.06. The van der Waals surface area contributed by atoms with Crippen molar-refractivity contribution in [2.75, 3.05) is 6.54 Å². The molecule has 1 amide bonds. The van der Waals surface area contributed by atoms with E-state index in [0.717, 1.165) is 31.2 Å². The molecule has 1 aromatic rings. The molecule has 1 aliphatic rings. The number of nitrogens with two attached hydrogens (primary N) is 1. The van der Waals surface area contributed by atoms with Crippen LogP contribution in [0.2, 0.25) is 0 Å². The molecule has 0 heterocycles. The molecule has 0 bridgehead atoms. The van der Waals surface area contributed by atoms with Crippen LogP contribution in [0.25, 0.3) is 0 Å². The first-order valence-corrected chi connectivity index (χ1v) is 7.19. The number of nitrogens with one attached hydrogen (secondary N) is 1. The predicted octanol–water partition coefficient (Wildman–Crippen LogP) is 3.23. The molecular formula is C16H25ClN2O. The maximum absolute atomic E-state index is 12.3. The Kier molecular flexibility index (Phi) is 6.03. The van der Waals surface area contributed by atoms with Gasteiger partial charge in [-0.15, -0.1) is 12.4 Å². The van der Waals surface area contributed by atoms with Gasteiger partial charge in [-0.3, -0.25) is 4.79 Å². The van der Waals surface area contributed by atoms with Crippen molar-refractivity contribution in [1.29, 1.82) is 0 Å². The van der Waals surface area contributed by atoms with Crippen LogP contribution < -0.4 is 11.1 Å². The van der Waals surface area contributed by atoms with Crippen LogP contribution in [0.15, 0.2) is 24.3 Å². The molecule has 0 spiro atoms. The van der Waals surface area contributed by atoms with Gasteiger partial charge in [0.05, 0.1) is 5.54 Å². The average Bonchev–Trinajstić information content (AvgIpc) is 2.88. The summed E-state index contributed by atoms with van der Waals surface area (Å²) >= 11 is 0. The molecule has 0 aromatic heterocycles. The summed E-state index contributed by atoms with van der Waals surface area (Å²) in [5.74, 6) is 0.491. The van der Waals surface area contributed by atoms with E-state index < -0.39 is 0 Å². The number of carbonyl (C=O) groups excluding carboxylic acids is 1. The van der Waals surface area contributed by atoms with Gasteiger partial charge < -0.3 is 11.1 Å². The van der Waals surface area contributed by atoms with Gasteiger partial charge in [-0.2, -0.15) is 0 Å². The highest BCUT2D eigenvalue weighted by Crippen LogP contribution is 2.29. The summed E-state index contributed by atoms with van der Waals surface area (Å²) in [4.78, 5) is 12.3. The van der Waals surface area contributed by atoms with Gasteiger partial charge >= 0.3 is 0 Å². The van der Waals surface area contributed by atoms with E-state index in [1.165, 1.54) is 5.56 Å². The molecule has 1 fully saturated rings. The van der Waals surface area contributed by atoms with E-state index in [4.69, 9.17) is 5.73 Å². The number of carbonyl (C=O) groups is 1. The van der Waals surface area contributed by atoms with Crippen molar-refractivity contribution in [2.24, 2.45) is 5.73 Å². The highest BCUT2D eigenvalue weighted by atomic mass is 35.5. The third kappa shape index (κ3) is 3.74. The number of benzene rings is 1. The number of amides is 1. The fourth-order valence-electron chi connectivity index (χ4n) is 2.76. The van der Waals surface area contributed by atoms with Gasteiger partial charge in [0, 0.05) is 12.1 Å². The third-order valence-electron chi connectivity index (χ3n) is 4.17. The minimum Gasteiger partial charge on any atom is -0.345 e. The Morgan fingerprint density at radius 1 is 1.25 bits per heavy atom. The number of hydrogen-bond acceptors (Lipinski definition) is 2. The predicted molar refractivity (Wildman–Crippen MR) is 85.5 cm³/mol. The standard InChI is InChI=1S/C16H24N2O.ClH/c1-12(2)13-5-7-14(8-6-13)15(19)18-16(11-17)9-3-4-10-16;/h5-8,12H,3-4,9-11,17H2,1-2H3,(H,18,19);1H. The second-order valence-electron chi connectivity index (χ2n) is 5.92. The van der Waals surface area contributed by atoms with Crippen molar-refractivity contribution in [1.82, 2.24) is 5.32 Å². The summed E-state index contributed by atoms with van der Waals surface area (Å²) in [7, 11) is 0. The second-order valence-corrected chi connectivity index (χ2v) is 5.92. The normalized spacial score (nSPS) is 16.8. The Labute approximate surface area is 127 Å². The van der Waals surface area contributed by atoms with Crippen molar-refractivity contribution in [2.45, 2.75) is 51.0 Å². The lowest BCUT2D eigenvalue weighted by Crippen LogP contribution is -2.51. The molecule has 4 heteroatoms. The lowest BCUT2D eigenvalue weighted by molar-refractivity contribution is 0.0903. The monoisotopic (exact) mass is 296 g/mol. The van der Waals surface area contributed by atoms with Crippen LogP contribution >= 0.6 is 12.4 Å². The van der Waals surface area contributed by atoms with E-state index in [0.29, 0.717) is 12.5 Å². The molecule has 1 saturated carbocycles. The summed E-state index contributed by atoms with van der Waals surface area (Å²) in [6.45, 7) is 4.83. The maximum Gasteiger partial charge on any atom is 0.251 e. The zero-order valence-corrected chi connectivity index (χ0v) is 13.1. The Morgan fingerprint density at radius 3 is 2.25 bits per heavy atom. The van der Waals surface area contributed by atoms with Crippen molar-refractivity contribution in [3.63, 3.8) is 0 Å². The first kappa shape index (κ1) is 17.0. The van der Waals surface area contributed by atoms with E-state index in [2.05, 4.69) is 19.2 Å². The van der Waals surface area contributed by atoms with Gasteiger partial charge in [0.2, 0.25) is 0 Å². The third-order valence-corrected chi connectivity index (χ3v) is 4.17. The molecule has 1 aliphatic carbocycles. The van der Waals surface area contributed by atoms with Gasteiger partial charge in [0.1, 0.15) is 0 Å². The second kappa shape index (κ2) is 7.09. The van der Waals surface area contributed by atoms with E-state index >= 15 is 0 Å². The van der Waals surface area contributed by atoms with Crippen LogP contribution in [0.4, 0.5) is 0 Å². The SMILES string of the molecule is CC(C)c1ccc(C(=O)NC2(CN)CCCC2)cc1.Cl. The van der Waals surface area contributed by atoms with Crippen LogP contribution in [0, 0.1) is 0 Å². The summed E-state index contributed by atoms with van der Waals surface area (Å²) in [6.07, 6.45) is 4.31. The Morgan fingerprint density at radius 2 is 1.80 bits per heavy atom. The molecular weight excluding hydrogens is 272 g/mol. The molecule has 0 saturated heterocycles. The molecule has 2 rings (SSSR count). The molecule has 0 atom stereocenters. The minimum atomic E-state index is -0.173. The zero-order chi connectivity index (χ0) is 13.9. The fourth-order valence-corrected chi connectivity index (χ4v) is 2.76. The van der Waals surface area contributed by atoms with Gasteiger partial charge in [-0.25, -0.2) is 0 Å². The van der Waals surface area contributed by atoms with Crippen molar-refractivity contribution in [3.05, 3.63) is 35.4 Å². The number of rotatable bonds is 4. The van der Waals surface area contributed by atoms with Crippen molar-refractivity contribution < 1.29 is 4.79 Å². The highest BCUT2D eigenvalue weighted by molar-refractivity contribution is 5.94. The van der Waals surface area contributed by atoms with Gasteiger partial charge in [0.15, 0.2) is 0 Å². The first-order valence-electron chi connectivity index (χ1n) is 7.19. The largest absolute Gasteiger partial charge is 0.345 e. The van der Waals surface area contributed by atoms with E-state index in [9.17, 15) is 4.79 Å². The molecule has 1 aromatic carbocycles. The fraction of sp³-hybridized carbons (Fsp3) is 0.562. The highest BCUT2D eigenvalue weighted by Gasteiger charge is 2.33. The summed E-state index contributed by atoms with van der Waals surface area (Å²) in [5.41, 5.74) is 7.65. The van der Waals surface area contributed by atoms with Crippen molar-refractivity contribution in [3.8, 4) is 0 Å². The number of halogens is 1.